The number of rotatable bonds is 1. The topological polar surface area (TPSA) is 54.3 Å². The van der Waals surface area contributed by atoms with Gasteiger partial charge in [-0.2, -0.15) is 13.2 Å². The van der Waals surface area contributed by atoms with Crippen LogP contribution in [0.1, 0.15) is 15.4 Å². The maximum atomic E-state index is 12.6. The van der Waals surface area contributed by atoms with Crippen LogP contribution in [0.3, 0.4) is 0 Å². The van der Waals surface area contributed by atoms with Crippen molar-refractivity contribution in [3.05, 3.63) is 34.8 Å². The van der Waals surface area contributed by atoms with Crippen molar-refractivity contribution in [3.8, 4) is 5.88 Å². The molecule has 0 atom stereocenters. The predicted molar refractivity (Wildman–Crippen MR) is 69.6 cm³/mol. The first kappa shape index (κ1) is 13.7. The minimum absolute atomic E-state index is 0.304. The molecule has 8 heteroatoms. The van der Waals surface area contributed by atoms with Gasteiger partial charge < -0.3 is 5.11 Å². The number of para-hydroxylation sites is 2. The summed E-state index contributed by atoms with van der Waals surface area (Å²) >= 11 is 0.581. The van der Waals surface area contributed by atoms with E-state index in [9.17, 15) is 23.1 Å². The Morgan fingerprint density at radius 3 is 2.67 bits per heavy atom. The average molecular weight is 313 g/mol. The second kappa shape index (κ2) is 4.39. The zero-order chi connectivity index (χ0) is 15.4. The first-order valence-electron chi connectivity index (χ1n) is 5.85. The highest BCUT2D eigenvalue weighted by atomic mass is 32.1. The number of alkyl halides is 3. The Labute approximate surface area is 120 Å². The van der Waals surface area contributed by atoms with E-state index in [0.717, 1.165) is 0 Å². The van der Waals surface area contributed by atoms with E-state index in [1.54, 1.807) is 31.2 Å². The summed E-state index contributed by atoms with van der Waals surface area (Å²) in [5, 5.41) is 10.1. The number of carbonyl (C=O) groups excluding carboxylic acids is 1. The lowest BCUT2D eigenvalue weighted by Gasteiger charge is -1.99. The summed E-state index contributed by atoms with van der Waals surface area (Å²) < 4.78 is 39.0. The van der Waals surface area contributed by atoms with Gasteiger partial charge in [-0.3, -0.25) is 4.79 Å². The van der Waals surface area contributed by atoms with Crippen molar-refractivity contribution in [1.82, 2.24) is 4.98 Å². The predicted octanol–water partition coefficient (Wildman–Crippen LogP) is 2.79. The first-order valence-corrected chi connectivity index (χ1v) is 6.66. The molecule has 0 amide bonds. The molecule has 1 N–H and O–H groups in total. The van der Waals surface area contributed by atoms with E-state index < -0.39 is 22.7 Å². The van der Waals surface area contributed by atoms with E-state index in [2.05, 4.69) is 4.98 Å². The zero-order valence-corrected chi connectivity index (χ0v) is 11.4. The Bertz CT molecular complexity index is 886. The summed E-state index contributed by atoms with van der Waals surface area (Å²) in [6, 6.07) is 6.70. The Morgan fingerprint density at radius 1 is 1.33 bits per heavy atom. The number of hydrogen-bond donors (Lipinski definition) is 1. The first-order chi connectivity index (χ1) is 9.80. The van der Waals surface area contributed by atoms with Crippen LogP contribution in [0.5, 0.6) is 5.88 Å². The van der Waals surface area contributed by atoms with Crippen LogP contribution in [-0.4, -0.2) is 22.1 Å². The smallest absolute Gasteiger partial charge is 0.456 e. The quantitative estimate of drug-likeness (QED) is 0.555. The van der Waals surface area contributed by atoms with Crippen LogP contribution < -0.4 is 4.40 Å². The summed E-state index contributed by atoms with van der Waals surface area (Å²) in [6.07, 6.45) is -5.03. The molecular weight excluding hydrogens is 305 g/mol. The lowest BCUT2D eigenvalue weighted by molar-refractivity contribution is -0.489. The molecule has 0 saturated carbocycles. The fourth-order valence-electron chi connectivity index (χ4n) is 2.10. The second-order valence-corrected chi connectivity index (χ2v) is 5.41. The summed E-state index contributed by atoms with van der Waals surface area (Å²) in [5.74, 6) is -2.77. The highest BCUT2D eigenvalue weighted by molar-refractivity contribution is 7.19. The number of nitrogens with zero attached hydrogens (tertiary/aromatic N) is 2. The van der Waals surface area contributed by atoms with Gasteiger partial charge in [0.05, 0.1) is 0 Å². The minimum Gasteiger partial charge on any atom is -0.458 e. The molecule has 3 rings (SSSR count). The van der Waals surface area contributed by atoms with Crippen LogP contribution in [0.2, 0.25) is 0 Å². The van der Waals surface area contributed by atoms with Crippen molar-refractivity contribution >= 4 is 33.0 Å². The number of aromatic hydroxyl groups is 1. The van der Waals surface area contributed by atoms with Gasteiger partial charge in [-0.05, 0) is 13.0 Å². The van der Waals surface area contributed by atoms with Gasteiger partial charge in [-0.25, -0.2) is 4.98 Å². The fraction of sp³-hybridized carbons (Fsp3) is 0.154. The fourth-order valence-corrected chi connectivity index (χ4v) is 3.15. The van der Waals surface area contributed by atoms with Crippen LogP contribution in [0.25, 0.3) is 15.9 Å². The summed E-state index contributed by atoms with van der Waals surface area (Å²) in [4.78, 5) is 15.2. The number of Topliss-reactive ketones (excluding diaryl/α,β-unsaturated/α-hetero) is 1. The van der Waals surface area contributed by atoms with Gasteiger partial charge in [0.2, 0.25) is 5.52 Å². The van der Waals surface area contributed by atoms with Crippen molar-refractivity contribution in [2.45, 2.75) is 13.1 Å². The van der Waals surface area contributed by atoms with Crippen molar-refractivity contribution in [1.29, 1.82) is 0 Å². The molecule has 0 aliphatic rings. The molecule has 0 bridgehead atoms. The molecule has 0 fully saturated rings. The van der Waals surface area contributed by atoms with E-state index in [4.69, 9.17) is 0 Å². The van der Waals surface area contributed by atoms with Gasteiger partial charge in [0.25, 0.3) is 10.6 Å². The largest absolute Gasteiger partial charge is 0.458 e. The Balaban J connectivity index is 2.42. The third-order valence-electron chi connectivity index (χ3n) is 3.00. The minimum atomic E-state index is -5.03. The van der Waals surface area contributed by atoms with E-state index in [1.165, 1.54) is 4.40 Å². The molecule has 2 aromatic heterocycles. The SMILES string of the molecule is Cc1nc2ccccc2[n+]2c(O)c(C(=O)C(F)(F)F)sc12. The van der Waals surface area contributed by atoms with Gasteiger partial charge in [0, 0.05) is 6.07 Å². The molecule has 4 nitrogen and oxygen atoms in total. The molecule has 0 spiro atoms. The number of thiazole rings is 1. The Kier molecular flexibility index (Phi) is 2.87. The molecular formula is C13H8F3N2O2S+. The molecule has 0 unspecified atom stereocenters. The number of ketones is 1. The number of aryl methyl sites for hydroxylation is 1. The molecule has 0 saturated heterocycles. The maximum absolute atomic E-state index is 12.6. The van der Waals surface area contributed by atoms with Gasteiger partial charge in [0.1, 0.15) is 11.2 Å². The third kappa shape index (κ3) is 2.02. The molecule has 108 valence electrons. The molecule has 0 aliphatic carbocycles. The number of carbonyl (C=O) groups is 1. The van der Waals surface area contributed by atoms with Crippen molar-refractivity contribution in [2.24, 2.45) is 0 Å². The number of aromatic nitrogens is 2. The summed E-state index contributed by atoms with van der Waals surface area (Å²) in [5.41, 5.74) is 1.40. The van der Waals surface area contributed by atoms with Crippen LogP contribution in [0.15, 0.2) is 24.3 Å². The standard InChI is InChI=1S/C13H7F3N2O2S/c1-6-12-18(8-5-3-2-4-7(8)17-6)11(20)9(21-12)10(19)13(14,15)16/h2-5H,1H3/p+1. The molecule has 21 heavy (non-hydrogen) atoms. The average Bonchev–Trinajstić information content (AvgIpc) is 2.76. The summed E-state index contributed by atoms with van der Waals surface area (Å²) in [7, 11) is 0. The molecule has 0 radical (unpaired) electrons. The van der Waals surface area contributed by atoms with Gasteiger partial charge in [-0.1, -0.05) is 23.5 Å². The number of halogens is 3. The molecule has 2 heterocycles. The Hall–Kier alpha value is -2.22. The number of fused-ring (bicyclic) bond motifs is 3. The highest BCUT2D eigenvalue weighted by Crippen LogP contribution is 2.32. The van der Waals surface area contributed by atoms with E-state index in [0.29, 0.717) is 32.9 Å². The third-order valence-corrected chi connectivity index (χ3v) is 4.24. The van der Waals surface area contributed by atoms with Gasteiger partial charge >= 0.3 is 12.1 Å². The van der Waals surface area contributed by atoms with Gasteiger partial charge in [-0.15, -0.1) is 4.40 Å². The van der Waals surface area contributed by atoms with Crippen LogP contribution in [-0.2, 0) is 0 Å². The molecule has 0 aliphatic heterocycles. The highest BCUT2D eigenvalue weighted by Gasteiger charge is 2.45. The van der Waals surface area contributed by atoms with E-state index in [1.807, 2.05) is 0 Å². The molecule has 3 aromatic rings. The molecule has 1 aromatic carbocycles. The summed E-state index contributed by atoms with van der Waals surface area (Å²) in [6.45, 7) is 1.61. The number of benzene rings is 1. The lowest BCUT2D eigenvalue weighted by atomic mass is 10.3. The number of hydrogen-bond acceptors (Lipinski definition) is 4. The monoisotopic (exact) mass is 313 g/mol. The Morgan fingerprint density at radius 2 is 2.00 bits per heavy atom. The van der Waals surface area contributed by atoms with Crippen LogP contribution in [0.4, 0.5) is 13.2 Å². The lowest BCUT2D eigenvalue weighted by Crippen LogP contribution is -2.25. The maximum Gasteiger partial charge on any atom is 0.456 e. The second-order valence-electron chi connectivity index (χ2n) is 4.41. The van der Waals surface area contributed by atoms with Crippen molar-refractivity contribution in [2.75, 3.05) is 0 Å². The van der Waals surface area contributed by atoms with Gasteiger partial charge in [0.15, 0.2) is 4.88 Å². The van der Waals surface area contributed by atoms with Crippen molar-refractivity contribution < 1.29 is 27.5 Å². The van der Waals surface area contributed by atoms with E-state index >= 15 is 0 Å². The van der Waals surface area contributed by atoms with Crippen LogP contribution in [0, 0.1) is 6.92 Å². The zero-order valence-electron chi connectivity index (χ0n) is 10.6. The van der Waals surface area contributed by atoms with E-state index in [-0.39, 0.29) is 0 Å². The normalized spacial score (nSPS) is 12.2. The van der Waals surface area contributed by atoms with Crippen LogP contribution >= 0.6 is 11.3 Å². The van der Waals surface area contributed by atoms with Crippen molar-refractivity contribution in [3.63, 3.8) is 0 Å².